The second-order valence-electron chi connectivity index (χ2n) is 5.54. The molecule has 0 aromatic heterocycles. The summed E-state index contributed by atoms with van der Waals surface area (Å²) < 4.78 is 0. The van der Waals surface area contributed by atoms with E-state index >= 15 is 0 Å². The molecule has 0 spiro atoms. The van der Waals surface area contributed by atoms with E-state index in [2.05, 4.69) is 57.8 Å². The summed E-state index contributed by atoms with van der Waals surface area (Å²) in [6.07, 6.45) is 9.34. The Morgan fingerprint density at radius 2 is 1.93 bits per heavy atom. The van der Waals surface area contributed by atoms with Crippen molar-refractivity contribution in [3.05, 3.63) is 34.8 Å². The van der Waals surface area contributed by atoms with Crippen LogP contribution in [0, 0.1) is 0 Å². The lowest BCUT2D eigenvalue weighted by Crippen LogP contribution is -2.34. The third kappa shape index (κ3) is 1.85. The van der Waals surface area contributed by atoms with Crippen molar-refractivity contribution in [2.24, 2.45) is 0 Å². The SMILES string of the molecule is CC(C)=S1C2=CC=CC2=CC1[Si](C)(C)C. The lowest BCUT2D eigenvalue weighted by molar-refractivity contribution is 1.45. The molecule has 0 radical (unpaired) electrons. The minimum atomic E-state index is -1.08. The van der Waals surface area contributed by atoms with Gasteiger partial charge in [0.1, 0.15) is 0 Å². The molecule has 0 N–H and O–H groups in total. The van der Waals surface area contributed by atoms with Crippen LogP contribution >= 0.6 is 10.5 Å². The molecule has 0 amide bonds. The Hall–Kier alpha value is -0.343. The zero-order valence-electron chi connectivity index (χ0n) is 10.3. The van der Waals surface area contributed by atoms with Crippen LogP contribution in [0.5, 0.6) is 0 Å². The molecule has 15 heavy (non-hydrogen) atoms. The van der Waals surface area contributed by atoms with Crippen LogP contribution in [-0.2, 0) is 0 Å². The molecule has 0 aromatic carbocycles. The van der Waals surface area contributed by atoms with Gasteiger partial charge in [0, 0.05) is 9.78 Å². The molecule has 0 saturated carbocycles. The monoisotopic (exact) mass is 236 g/mol. The van der Waals surface area contributed by atoms with Crippen molar-refractivity contribution in [1.82, 2.24) is 0 Å². The first kappa shape index (κ1) is 11.2. The fourth-order valence-corrected chi connectivity index (χ4v) is 8.92. The number of hydrogen-bond acceptors (Lipinski definition) is 0. The second kappa shape index (κ2) is 3.60. The van der Waals surface area contributed by atoms with E-state index in [4.69, 9.17) is 0 Å². The number of fused-ring (bicyclic) bond motifs is 1. The second-order valence-corrected chi connectivity index (χ2v) is 13.8. The van der Waals surface area contributed by atoms with Crippen molar-refractivity contribution < 1.29 is 0 Å². The molecule has 0 nitrogen and oxygen atoms in total. The molecule has 0 aromatic rings. The van der Waals surface area contributed by atoms with Crippen LogP contribution in [0.3, 0.4) is 0 Å². The molecule has 2 atom stereocenters. The summed E-state index contributed by atoms with van der Waals surface area (Å²) in [5, 5.41) is 0. The van der Waals surface area contributed by atoms with Gasteiger partial charge in [-0.1, -0.05) is 37.9 Å². The Morgan fingerprint density at radius 3 is 2.47 bits per heavy atom. The lowest BCUT2D eigenvalue weighted by atomic mass is 10.3. The molecule has 0 fully saturated rings. The van der Waals surface area contributed by atoms with Crippen LogP contribution in [0.2, 0.25) is 19.6 Å². The fourth-order valence-electron chi connectivity index (χ4n) is 2.20. The van der Waals surface area contributed by atoms with Crippen molar-refractivity contribution in [2.45, 2.75) is 38.4 Å². The lowest BCUT2D eigenvalue weighted by Gasteiger charge is -2.27. The summed E-state index contributed by atoms with van der Waals surface area (Å²) in [5.41, 5.74) is 1.51. The summed E-state index contributed by atoms with van der Waals surface area (Å²) in [7, 11) is -0.683. The summed E-state index contributed by atoms with van der Waals surface area (Å²) in [6.45, 7) is 12.1. The number of hydrogen-bond donors (Lipinski definition) is 0. The van der Waals surface area contributed by atoms with Gasteiger partial charge in [-0.05, 0) is 30.4 Å². The van der Waals surface area contributed by atoms with Crippen LogP contribution in [0.1, 0.15) is 13.8 Å². The third-order valence-corrected chi connectivity index (χ3v) is 9.99. The Morgan fingerprint density at radius 1 is 1.27 bits per heavy atom. The van der Waals surface area contributed by atoms with Crippen LogP contribution < -0.4 is 0 Å². The van der Waals surface area contributed by atoms with E-state index in [0.717, 1.165) is 4.87 Å². The Kier molecular flexibility index (Phi) is 2.68. The van der Waals surface area contributed by atoms with Crippen LogP contribution in [0.15, 0.2) is 34.8 Å². The fraction of sp³-hybridized carbons (Fsp3) is 0.462. The molecular formula is C13H20SSi. The molecule has 1 aliphatic heterocycles. The minimum absolute atomic E-state index is 0.393. The zero-order valence-corrected chi connectivity index (χ0v) is 12.1. The highest BCUT2D eigenvalue weighted by Crippen LogP contribution is 2.49. The maximum atomic E-state index is 2.54. The predicted octanol–water partition coefficient (Wildman–Crippen LogP) is 4.11. The average molecular weight is 236 g/mol. The van der Waals surface area contributed by atoms with Gasteiger partial charge in [0.2, 0.25) is 0 Å². The molecule has 1 aliphatic carbocycles. The van der Waals surface area contributed by atoms with Crippen molar-refractivity contribution in [2.75, 3.05) is 0 Å². The zero-order chi connectivity index (χ0) is 11.2. The summed E-state index contributed by atoms with van der Waals surface area (Å²) in [4.78, 5) is 4.03. The highest BCUT2D eigenvalue weighted by atomic mass is 32.2. The molecule has 0 saturated heterocycles. The maximum absolute atomic E-state index is 2.54. The van der Waals surface area contributed by atoms with Crippen LogP contribution in [0.25, 0.3) is 0 Å². The van der Waals surface area contributed by atoms with Gasteiger partial charge in [0.15, 0.2) is 0 Å². The van der Waals surface area contributed by atoms with E-state index in [9.17, 15) is 0 Å². The first-order valence-corrected chi connectivity index (χ1v) is 10.4. The number of rotatable bonds is 1. The van der Waals surface area contributed by atoms with Gasteiger partial charge in [0.05, 0.1) is 8.07 Å². The van der Waals surface area contributed by atoms with E-state index < -0.39 is 8.07 Å². The summed E-state index contributed by atoms with van der Waals surface area (Å²) >= 11 is 0. The van der Waals surface area contributed by atoms with Gasteiger partial charge >= 0.3 is 0 Å². The smallest absolute Gasteiger partial charge is 0.0633 e. The van der Waals surface area contributed by atoms with Gasteiger partial charge in [-0.2, -0.15) is 10.5 Å². The van der Waals surface area contributed by atoms with Gasteiger partial charge in [-0.15, -0.1) is 0 Å². The molecule has 82 valence electrons. The quantitative estimate of drug-likeness (QED) is 0.475. The Bertz CT molecular complexity index is 412. The van der Waals surface area contributed by atoms with Crippen LogP contribution in [0.4, 0.5) is 0 Å². The predicted molar refractivity (Wildman–Crippen MR) is 76.4 cm³/mol. The standard InChI is InChI=1S/C13H20SSi/c1-10(2)14-12-8-6-7-11(12)9-13(14)15(3,4)5/h6-9,13H,1-5H3. The normalized spacial score (nSPS) is 28.9. The van der Waals surface area contributed by atoms with E-state index in [-0.39, 0.29) is 0 Å². The van der Waals surface area contributed by atoms with Crippen molar-refractivity contribution in [1.29, 1.82) is 0 Å². The highest BCUT2D eigenvalue weighted by Gasteiger charge is 2.35. The van der Waals surface area contributed by atoms with Crippen molar-refractivity contribution in [3.8, 4) is 0 Å². The molecule has 2 unspecified atom stereocenters. The van der Waals surface area contributed by atoms with Gasteiger partial charge in [-0.3, -0.25) is 0 Å². The Labute approximate surface area is 96.7 Å². The van der Waals surface area contributed by atoms with Gasteiger partial charge in [0.25, 0.3) is 0 Å². The molecule has 2 rings (SSSR count). The molecule has 2 heteroatoms. The maximum Gasteiger partial charge on any atom is 0.0633 e. The minimum Gasteiger partial charge on any atom is -0.151 e. The van der Waals surface area contributed by atoms with E-state index in [0.29, 0.717) is 10.5 Å². The van der Waals surface area contributed by atoms with Gasteiger partial charge < -0.3 is 0 Å². The average Bonchev–Trinajstić information content (AvgIpc) is 2.56. The molecule has 1 heterocycles. The van der Waals surface area contributed by atoms with Gasteiger partial charge in [-0.25, -0.2) is 0 Å². The third-order valence-electron chi connectivity index (χ3n) is 2.92. The first-order chi connectivity index (χ1) is 6.91. The van der Waals surface area contributed by atoms with Crippen molar-refractivity contribution >= 4 is 23.4 Å². The molecule has 0 bridgehead atoms. The Balaban J connectivity index is 2.52. The molecular weight excluding hydrogens is 216 g/mol. The number of allylic oxidation sites excluding steroid dienone is 4. The highest BCUT2D eigenvalue weighted by molar-refractivity contribution is 8.21. The largest absolute Gasteiger partial charge is 0.151 e. The topological polar surface area (TPSA) is 0 Å². The van der Waals surface area contributed by atoms with E-state index in [1.165, 1.54) is 5.57 Å². The van der Waals surface area contributed by atoms with E-state index in [1.54, 1.807) is 9.77 Å². The van der Waals surface area contributed by atoms with Crippen LogP contribution in [-0.4, -0.2) is 17.8 Å². The summed E-state index contributed by atoms with van der Waals surface area (Å²) in [5.74, 6) is 0. The van der Waals surface area contributed by atoms with Crippen molar-refractivity contribution in [3.63, 3.8) is 0 Å². The first-order valence-electron chi connectivity index (χ1n) is 5.55. The summed E-state index contributed by atoms with van der Waals surface area (Å²) in [6, 6.07) is 0. The van der Waals surface area contributed by atoms with E-state index in [1.807, 2.05) is 0 Å². The molecule has 2 aliphatic rings.